The number of aliphatic hydroxyl groups excluding tert-OH is 1. The molecule has 1 fully saturated rings. The van der Waals surface area contributed by atoms with Gasteiger partial charge >= 0.3 is 0 Å². The summed E-state index contributed by atoms with van der Waals surface area (Å²) in [5, 5.41) is 21.5. The monoisotopic (exact) mass is 559 g/mol. The largest absolute Gasteiger partial charge is 0.495 e. The van der Waals surface area contributed by atoms with Crippen LogP contribution < -0.4 is 20.1 Å². The standard InChI is InChI=1S/C25H27Cl2N7O4/c1-36-18-8-19(37-2)22(27)20(21(18)26)17-7-15-11-29-25(31-16-3-6-38-13-16)33-23(15)24(32-17)28-9-14-10-30-34(12-14)4-5-35/h7-8,10-12,16,35H,3-6,9,13H2,1-2H3,(H,28,32)(H,29,31,33). The van der Waals surface area contributed by atoms with Crippen molar-refractivity contribution in [3.8, 4) is 22.8 Å². The molecule has 38 heavy (non-hydrogen) atoms. The van der Waals surface area contributed by atoms with Crippen LogP contribution in [0.3, 0.4) is 0 Å². The Balaban J connectivity index is 1.58. The van der Waals surface area contributed by atoms with E-state index in [-0.39, 0.29) is 12.6 Å². The van der Waals surface area contributed by atoms with Crippen LogP contribution in [0.15, 0.2) is 30.7 Å². The second-order valence-electron chi connectivity index (χ2n) is 8.67. The van der Waals surface area contributed by atoms with Crippen LogP contribution in [0.5, 0.6) is 11.5 Å². The summed E-state index contributed by atoms with van der Waals surface area (Å²) in [6.07, 6.45) is 6.21. The van der Waals surface area contributed by atoms with Gasteiger partial charge in [0.2, 0.25) is 5.95 Å². The summed E-state index contributed by atoms with van der Waals surface area (Å²) in [4.78, 5) is 14.1. The van der Waals surface area contributed by atoms with Crippen LogP contribution in [-0.4, -0.2) is 69.9 Å². The number of halogens is 2. The molecule has 5 rings (SSSR count). The van der Waals surface area contributed by atoms with Gasteiger partial charge in [0.05, 0.1) is 62.0 Å². The Morgan fingerprint density at radius 3 is 2.61 bits per heavy atom. The van der Waals surface area contributed by atoms with E-state index in [0.29, 0.717) is 76.4 Å². The van der Waals surface area contributed by atoms with Gasteiger partial charge in [0, 0.05) is 48.1 Å². The zero-order chi connectivity index (χ0) is 26.6. The van der Waals surface area contributed by atoms with Crippen LogP contribution in [0, 0.1) is 0 Å². The van der Waals surface area contributed by atoms with Crippen molar-refractivity contribution in [3.63, 3.8) is 0 Å². The molecule has 1 atom stereocenters. The van der Waals surface area contributed by atoms with Crippen molar-refractivity contribution in [1.82, 2.24) is 24.7 Å². The molecule has 0 radical (unpaired) electrons. The molecular weight excluding hydrogens is 533 g/mol. The van der Waals surface area contributed by atoms with Crippen molar-refractivity contribution >= 4 is 45.9 Å². The molecule has 1 aromatic carbocycles. The lowest BCUT2D eigenvalue weighted by molar-refractivity contribution is 0.195. The van der Waals surface area contributed by atoms with Crippen LogP contribution in [0.25, 0.3) is 22.2 Å². The first-order valence-corrected chi connectivity index (χ1v) is 12.7. The van der Waals surface area contributed by atoms with E-state index in [4.69, 9.17) is 47.4 Å². The lowest BCUT2D eigenvalue weighted by Crippen LogP contribution is -2.20. The molecule has 0 bridgehead atoms. The van der Waals surface area contributed by atoms with Gasteiger partial charge in [0.25, 0.3) is 0 Å². The van der Waals surface area contributed by atoms with Crippen molar-refractivity contribution in [2.75, 3.05) is 44.7 Å². The van der Waals surface area contributed by atoms with Gasteiger partial charge in [-0.25, -0.2) is 15.0 Å². The van der Waals surface area contributed by atoms with Crippen LogP contribution >= 0.6 is 23.2 Å². The third kappa shape index (κ3) is 5.41. The lowest BCUT2D eigenvalue weighted by atomic mass is 10.1. The molecule has 200 valence electrons. The Labute approximate surface area is 229 Å². The Kier molecular flexibility index (Phi) is 7.98. The fraction of sp³-hybridized carbons (Fsp3) is 0.360. The van der Waals surface area contributed by atoms with Crippen molar-refractivity contribution in [3.05, 3.63) is 46.3 Å². The maximum atomic E-state index is 9.19. The highest BCUT2D eigenvalue weighted by atomic mass is 35.5. The fourth-order valence-electron chi connectivity index (χ4n) is 4.21. The van der Waals surface area contributed by atoms with Crippen molar-refractivity contribution in [2.45, 2.75) is 25.6 Å². The minimum Gasteiger partial charge on any atom is -0.495 e. The van der Waals surface area contributed by atoms with Crippen LogP contribution in [0.1, 0.15) is 12.0 Å². The maximum Gasteiger partial charge on any atom is 0.223 e. The number of fused-ring (bicyclic) bond motifs is 1. The van der Waals surface area contributed by atoms with Gasteiger partial charge in [-0.05, 0) is 12.5 Å². The average molecular weight is 560 g/mol. The van der Waals surface area contributed by atoms with E-state index < -0.39 is 0 Å². The molecule has 1 saturated heterocycles. The molecule has 11 nitrogen and oxygen atoms in total. The number of hydrogen-bond donors (Lipinski definition) is 3. The van der Waals surface area contributed by atoms with Crippen LogP contribution in [0.4, 0.5) is 11.8 Å². The number of rotatable bonds is 10. The Hall–Kier alpha value is -3.38. The topological polar surface area (TPSA) is 128 Å². The molecule has 13 heteroatoms. The number of anilines is 2. The number of aliphatic hydroxyl groups is 1. The maximum absolute atomic E-state index is 9.19. The van der Waals surface area contributed by atoms with E-state index in [1.165, 1.54) is 14.2 Å². The number of nitrogens with one attached hydrogen (secondary N) is 2. The number of nitrogens with zero attached hydrogens (tertiary/aromatic N) is 5. The summed E-state index contributed by atoms with van der Waals surface area (Å²) < 4.78 is 18.0. The summed E-state index contributed by atoms with van der Waals surface area (Å²) in [6, 6.07) is 3.61. The number of pyridine rings is 1. The molecule has 4 heterocycles. The first-order chi connectivity index (χ1) is 18.5. The molecule has 1 aliphatic heterocycles. The van der Waals surface area contributed by atoms with Crippen LogP contribution in [0.2, 0.25) is 10.0 Å². The van der Waals surface area contributed by atoms with Gasteiger partial charge in [-0.2, -0.15) is 5.10 Å². The van der Waals surface area contributed by atoms with Crippen molar-refractivity contribution < 1.29 is 19.3 Å². The molecule has 4 aromatic rings. The van der Waals surface area contributed by atoms with E-state index in [2.05, 4.69) is 20.7 Å². The number of ether oxygens (including phenoxy) is 3. The molecule has 1 unspecified atom stereocenters. The molecule has 1 aliphatic rings. The smallest absolute Gasteiger partial charge is 0.223 e. The summed E-state index contributed by atoms with van der Waals surface area (Å²) in [5.41, 5.74) is 2.50. The third-order valence-corrected chi connectivity index (χ3v) is 6.88. The molecule has 0 amide bonds. The lowest BCUT2D eigenvalue weighted by Gasteiger charge is -2.17. The molecule has 0 saturated carbocycles. The summed E-state index contributed by atoms with van der Waals surface area (Å²) in [5.74, 6) is 1.81. The Bertz CT molecular complexity index is 1410. The predicted molar refractivity (Wildman–Crippen MR) is 145 cm³/mol. The molecule has 3 N–H and O–H groups in total. The Morgan fingerprint density at radius 2 is 1.92 bits per heavy atom. The van der Waals surface area contributed by atoms with E-state index in [1.54, 1.807) is 23.1 Å². The van der Waals surface area contributed by atoms with E-state index in [1.807, 2.05) is 12.3 Å². The van der Waals surface area contributed by atoms with Crippen LogP contribution in [-0.2, 0) is 17.8 Å². The zero-order valence-electron chi connectivity index (χ0n) is 20.9. The average Bonchev–Trinajstić information content (AvgIpc) is 3.60. The summed E-state index contributed by atoms with van der Waals surface area (Å²) >= 11 is 13.4. The number of methoxy groups -OCH3 is 2. The summed E-state index contributed by atoms with van der Waals surface area (Å²) in [7, 11) is 3.04. The molecule has 3 aromatic heterocycles. The Morgan fingerprint density at radius 1 is 1.13 bits per heavy atom. The first-order valence-electron chi connectivity index (χ1n) is 12.0. The molecular formula is C25H27Cl2N7O4. The highest BCUT2D eigenvalue weighted by Gasteiger charge is 2.22. The van der Waals surface area contributed by atoms with Crippen molar-refractivity contribution in [1.29, 1.82) is 0 Å². The quantitative estimate of drug-likeness (QED) is 0.262. The highest BCUT2D eigenvalue weighted by Crippen LogP contribution is 2.46. The second-order valence-corrected chi connectivity index (χ2v) is 9.42. The molecule has 0 aliphatic carbocycles. The normalized spacial score (nSPS) is 15.1. The SMILES string of the molecule is COc1cc(OC)c(Cl)c(-c2cc3cnc(NC4CCOC4)nc3c(NCc3cnn(CCO)c3)n2)c1Cl. The minimum atomic E-state index is 0.00698. The van der Waals surface area contributed by atoms with Gasteiger partial charge in [-0.3, -0.25) is 4.68 Å². The minimum absolute atomic E-state index is 0.00698. The van der Waals surface area contributed by atoms with E-state index >= 15 is 0 Å². The second kappa shape index (κ2) is 11.6. The number of aromatic nitrogens is 5. The van der Waals surface area contributed by atoms with E-state index in [0.717, 1.165) is 17.4 Å². The summed E-state index contributed by atoms with van der Waals surface area (Å²) in [6.45, 7) is 2.16. The van der Waals surface area contributed by atoms with Gasteiger partial charge in [-0.1, -0.05) is 23.2 Å². The zero-order valence-corrected chi connectivity index (χ0v) is 22.4. The predicted octanol–water partition coefficient (Wildman–Crippen LogP) is 4.02. The first kappa shape index (κ1) is 26.2. The van der Waals surface area contributed by atoms with Gasteiger partial charge in [0.15, 0.2) is 5.82 Å². The van der Waals surface area contributed by atoms with Gasteiger partial charge in [0.1, 0.15) is 17.0 Å². The number of benzene rings is 1. The van der Waals surface area contributed by atoms with Crippen molar-refractivity contribution in [2.24, 2.45) is 0 Å². The van der Waals surface area contributed by atoms with Gasteiger partial charge < -0.3 is 30.0 Å². The van der Waals surface area contributed by atoms with Gasteiger partial charge in [-0.15, -0.1) is 0 Å². The molecule has 0 spiro atoms. The third-order valence-electron chi connectivity index (χ3n) is 6.13. The van der Waals surface area contributed by atoms with E-state index in [9.17, 15) is 5.11 Å². The highest BCUT2D eigenvalue weighted by molar-refractivity contribution is 6.41. The fourth-order valence-corrected chi connectivity index (χ4v) is 4.90. The number of hydrogen-bond acceptors (Lipinski definition) is 10.